The van der Waals surface area contributed by atoms with Gasteiger partial charge in [0.05, 0.1) is 12.0 Å². The van der Waals surface area contributed by atoms with Crippen LogP contribution in [0, 0.1) is 0 Å². The number of benzene rings is 1. The minimum absolute atomic E-state index is 0.0697. The van der Waals surface area contributed by atoms with Gasteiger partial charge in [0.15, 0.2) is 9.84 Å². The Morgan fingerprint density at radius 3 is 2.75 bits per heavy atom. The van der Waals surface area contributed by atoms with Crippen LogP contribution in [-0.4, -0.2) is 42.9 Å². The van der Waals surface area contributed by atoms with E-state index in [1.807, 2.05) is 0 Å². The predicted octanol–water partition coefficient (Wildman–Crippen LogP) is 0.469. The molecule has 8 nitrogen and oxygen atoms in total. The Hall–Kier alpha value is -2.42. The zero-order valence-corrected chi connectivity index (χ0v) is 11.6. The van der Waals surface area contributed by atoms with E-state index < -0.39 is 15.7 Å². The van der Waals surface area contributed by atoms with Crippen LogP contribution in [0.2, 0.25) is 0 Å². The molecule has 9 heteroatoms. The number of carbonyl (C=O) groups excluding carboxylic acids is 1. The lowest BCUT2D eigenvalue weighted by atomic mass is 10.2. The van der Waals surface area contributed by atoms with E-state index in [4.69, 9.17) is 4.74 Å². The van der Waals surface area contributed by atoms with E-state index in [-0.39, 0.29) is 22.4 Å². The summed E-state index contributed by atoms with van der Waals surface area (Å²) in [5.41, 5.74) is 0.197. The quantitative estimate of drug-likeness (QED) is 0.847. The highest BCUT2D eigenvalue weighted by molar-refractivity contribution is 7.90. The van der Waals surface area contributed by atoms with Gasteiger partial charge in [0.25, 0.3) is 5.91 Å². The average molecular weight is 296 g/mol. The lowest BCUT2D eigenvalue weighted by Gasteiger charge is -2.03. The number of rotatable bonds is 4. The van der Waals surface area contributed by atoms with Crippen LogP contribution in [0.15, 0.2) is 29.2 Å². The van der Waals surface area contributed by atoms with Crippen molar-refractivity contribution < 1.29 is 17.9 Å². The number of carbonyl (C=O) groups is 1. The van der Waals surface area contributed by atoms with E-state index in [1.165, 1.54) is 31.4 Å². The Kier molecular flexibility index (Phi) is 3.70. The van der Waals surface area contributed by atoms with Crippen LogP contribution >= 0.6 is 0 Å². The Labute approximate surface area is 115 Å². The van der Waals surface area contributed by atoms with Crippen LogP contribution in [0.5, 0.6) is 6.01 Å². The van der Waals surface area contributed by atoms with Crippen LogP contribution in [-0.2, 0) is 9.84 Å². The number of H-pyrrole nitrogens is 1. The maximum atomic E-state index is 12.0. The van der Waals surface area contributed by atoms with Crippen molar-refractivity contribution >= 4 is 21.7 Å². The van der Waals surface area contributed by atoms with Crippen molar-refractivity contribution in [3.8, 4) is 6.01 Å². The summed E-state index contributed by atoms with van der Waals surface area (Å²) in [7, 11) is -1.97. The summed E-state index contributed by atoms with van der Waals surface area (Å²) in [5, 5.41) is 8.58. The number of aromatic nitrogens is 3. The van der Waals surface area contributed by atoms with Gasteiger partial charge in [-0.3, -0.25) is 10.1 Å². The van der Waals surface area contributed by atoms with E-state index >= 15 is 0 Å². The fourth-order valence-electron chi connectivity index (χ4n) is 1.44. The standard InChI is InChI=1S/C11H12N4O4S/c1-19-11-13-10(14-15-11)12-9(16)7-4-3-5-8(6-7)20(2,17)18/h3-6H,1-2H3,(H2,12,13,14,15,16). The molecule has 0 spiro atoms. The molecule has 20 heavy (non-hydrogen) atoms. The Balaban J connectivity index is 2.21. The van der Waals surface area contributed by atoms with Crippen LogP contribution in [0.1, 0.15) is 10.4 Å². The van der Waals surface area contributed by atoms with Crippen molar-refractivity contribution in [2.75, 3.05) is 18.7 Å². The lowest BCUT2D eigenvalue weighted by Crippen LogP contribution is -2.13. The van der Waals surface area contributed by atoms with Gasteiger partial charge in [-0.2, -0.15) is 4.98 Å². The number of aromatic amines is 1. The smallest absolute Gasteiger partial charge is 0.336 e. The fraction of sp³-hybridized carbons (Fsp3) is 0.182. The van der Waals surface area contributed by atoms with E-state index in [1.54, 1.807) is 0 Å². The summed E-state index contributed by atoms with van der Waals surface area (Å²) in [6.45, 7) is 0. The minimum Gasteiger partial charge on any atom is -0.466 e. The molecule has 106 valence electrons. The largest absolute Gasteiger partial charge is 0.466 e. The van der Waals surface area contributed by atoms with Gasteiger partial charge in [-0.15, -0.1) is 5.10 Å². The monoisotopic (exact) mass is 296 g/mol. The van der Waals surface area contributed by atoms with Crippen LogP contribution < -0.4 is 10.1 Å². The first-order valence-electron chi connectivity index (χ1n) is 5.48. The molecule has 0 aliphatic carbocycles. The van der Waals surface area contributed by atoms with Crippen molar-refractivity contribution in [1.29, 1.82) is 0 Å². The predicted molar refractivity (Wildman–Crippen MR) is 70.4 cm³/mol. The van der Waals surface area contributed by atoms with E-state index in [9.17, 15) is 13.2 Å². The number of hydrogen-bond acceptors (Lipinski definition) is 6. The van der Waals surface area contributed by atoms with Crippen LogP contribution in [0.4, 0.5) is 5.95 Å². The molecule has 0 saturated heterocycles. The molecule has 2 rings (SSSR count). The average Bonchev–Trinajstić information content (AvgIpc) is 2.85. The van der Waals surface area contributed by atoms with Crippen LogP contribution in [0.25, 0.3) is 0 Å². The molecule has 1 heterocycles. The summed E-state index contributed by atoms with van der Waals surface area (Å²) >= 11 is 0. The van der Waals surface area contributed by atoms with Crippen molar-refractivity contribution in [1.82, 2.24) is 15.2 Å². The molecular weight excluding hydrogens is 284 g/mol. The second kappa shape index (κ2) is 5.29. The van der Waals surface area contributed by atoms with Crippen molar-refractivity contribution in [3.63, 3.8) is 0 Å². The van der Waals surface area contributed by atoms with Crippen molar-refractivity contribution in [2.45, 2.75) is 4.90 Å². The SMILES string of the molecule is COc1n[nH]c(NC(=O)c2cccc(S(C)(=O)=O)c2)n1. The van der Waals surface area contributed by atoms with E-state index in [0.717, 1.165) is 6.26 Å². The molecule has 0 bridgehead atoms. The molecule has 0 aliphatic rings. The van der Waals surface area contributed by atoms with Gasteiger partial charge in [-0.25, -0.2) is 13.5 Å². The first kappa shape index (κ1) is 14.0. The highest BCUT2D eigenvalue weighted by atomic mass is 32.2. The number of nitrogens with zero attached hydrogens (tertiary/aromatic N) is 2. The van der Waals surface area contributed by atoms with Crippen molar-refractivity contribution in [2.24, 2.45) is 0 Å². The summed E-state index contributed by atoms with van der Waals surface area (Å²) in [6, 6.07) is 5.79. The molecule has 2 N–H and O–H groups in total. The molecular formula is C11H12N4O4S. The highest BCUT2D eigenvalue weighted by Crippen LogP contribution is 2.13. The third-order valence-corrected chi connectivity index (χ3v) is 3.51. The van der Waals surface area contributed by atoms with Gasteiger partial charge in [0.1, 0.15) is 0 Å². The number of amides is 1. The van der Waals surface area contributed by atoms with Gasteiger partial charge in [0.2, 0.25) is 5.95 Å². The molecule has 1 amide bonds. The Bertz CT molecular complexity index is 738. The maximum absolute atomic E-state index is 12.0. The first-order valence-corrected chi connectivity index (χ1v) is 7.37. The molecule has 0 unspecified atom stereocenters. The lowest BCUT2D eigenvalue weighted by molar-refractivity contribution is 0.102. The highest BCUT2D eigenvalue weighted by Gasteiger charge is 2.13. The Morgan fingerprint density at radius 2 is 2.15 bits per heavy atom. The zero-order chi connectivity index (χ0) is 14.8. The third-order valence-electron chi connectivity index (χ3n) is 2.40. The normalized spacial score (nSPS) is 11.1. The second-order valence-corrected chi connectivity index (χ2v) is 5.94. The van der Waals surface area contributed by atoms with Gasteiger partial charge in [-0.1, -0.05) is 6.07 Å². The fourth-order valence-corrected chi connectivity index (χ4v) is 2.11. The molecule has 1 aromatic carbocycles. The third kappa shape index (κ3) is 3.12. The number of ether oxygens (including phenoxy) is 1. The number of sulfone groups is 1. The molecule has 2 aromatic rings. The van der Waals surface area contributed by atoms with Gasteiger partial charge < -0.3 is 4.74 Å². The molecule has 0 fully saturated rings. The maximum Gasteiger partial charge on any atom is 0.336 e. The molecule has 0 radical (unpaired) electrons. The molecule has 0 saturated carbocycles. The summed E-state index contributed by atoms with van der Waals surface area (Å²) in [6.07, 6.45) is 1.07. The first-order chi connectivity index (χ1) is 9.40. The van der Waals surface area contributed by atoms with Gasteiger partial charge in [0, 0.05) is 11.8 Å². The summed E-state index contributed by atoms with van der Waals surface area (Å²) < 4.78 is 27.6. The van der Waals surface area contributed by atoms with Crippen molar-refractivity contribution in [3.05, 3.63) is 29.8 Å². The zero-order valence-electron chi connectivity index (χ0n) is 10.7. The second-order valence-electron chi connectivity index (χ2n) is 3.92. The number of hydrogen-bond donors (Lipinski definition) is 2. The van der Waals surface area contributed by atoms with E-state index in [0.29, 0.717) is 0 Å². The Morgan fingerprint density at radius 1 is 1.40 bits per heavy atom. The topological polar surface area (TPSA) is 114 Å². The number of nitrogens with one attached hydrogen (secondary N) is 2. The van der Waals surface area contributed by atoms with E-state index in [2.05, 4.69) is 20.5 Å². The summed E-state index contributed by atoms with van der Waals surface area (Å²) in [5.74, 6) is -0.397. The number of anilines is 1. The van der Waals surface area contributed by atoms with Crippen LogP contribution in [0.3, 0.4) is 0 Å². The molecule has 0 aliphatic heterocycles. The van der Waals surface area contributed by atoms with Gasteiger partial charge in [-0.05, 0) is 18.2 Å². The number of methoxy groups -OCH3 is 1. The summed E-state index contributed by atoms with van der Waals surface area (Å²) in [4.78, 5) is 15.9. The molecule has 1 aromatic heterocycles. The molecule has 0 atom stereocenters. The minimum atomic E-state index is -3.37. The van der Waals surface area contributed by atoms with Gasteiger partial charge >= 0.3 is 6.01 Å².